The average Bonchev–Trinajstić information content (AvgIpc) is 3.60. The Balaban J connectivity index is 0.00000242. The normalized spacial score (nSPS) is 13.8. The molecular formula is C27H53N5O. The topological polar surface area (TPSA) is 64.6 Å². The van der Waals surface area contributed by atoms with Crippen molar-refractivity contribution in [3.05, 3.63) is 21.6 Å². The predicted molar refractivity (Wildman–Crippen MR) is 146 cm³/mol. The van der Waals surface area contributed by atoms with Crippen LogP contribution >= 0.6 is 0 Å². The highest BCUT2D eigenvalue weighted by molar-refractivity contribution is 6.03. The minimum absolute atomic E-state index is 0.0600. The molecule has 0 bridgehead atoms. The molecule has 6 nitrogen and oxygen atoms in total. The average molecular weight is 464 g/mol. The maximum atomic E-state index is 12.8. The summed E-state index contributed by atoms with van der Waals surface area (Å²) >= 11 is 0. The van der Waals surface area contributed by atoms with Gasteiger partial charge in [-0.3, -0.25) is 14.8 Å². The van der Waals surface area contributed by atoms with E-state index in [1.54, 1.807) is 7.05 Å². The molecule has 1 heterocycles. The molecule has 0 aliphatic heterocycles. The number of nitrogens with one attached hydrogen (secondary N) is 1. The molecule has 1 aromatic rings. The van der Waals surface area contributed by atoms with Gasteiger partial charge in [0.2, 0.25) is 5.95 Å². The van der Waals surface area contributed by atoms with Gasteiger partial charge in [0.15, 0.2) is 0 Å². The van der Waals surface area contributed by atoms with Gasteiger partial charge in [-0.05, 0) is 51.6 Å². The van der Waals surface area contributed by atoms with Gasteiger partial charge in [-0.2, -0.15) is 0 Å². The molecule has 1 N–H and O–H groups in total. The van der Waals surface area contributed by atoms with Crippen LogP contribution in [0.15, 0.2) is 9.79 Å². The molecule has 1 aliphatic carbocycles. The van der Waals surface area contributed by atoms with Gasteiger partial charge in [0, 0.05) is 37.7 Å². The SMILES string of the molecule is CC.CC.CCCN(CCC)CCN(CC1CC1)c1nc(C(=NC)C(C)(C)C)c(C)c(=O)[nH]1. The second-order valence-corrected chi connectivity index (χ2v) is 9.42. The molecule has 0 unspecified atom stereocenters. The highest BCUT2D eigenvalue weighted by Crippen LogP contribution is 2.31. The van der Waals surface area contributed by atoms with E-state index in [1.165, 1.54) is 12.8 Å². The smallest absolute Gasteiger partial charge is 0.255 e. The number of aromatic nitrogens is 2. The minimum Gasteiger partial charge on any atom is -0.341 e. The summed E-state index contributed by atoms with van der Waals surface area (Å²) in [5, 5.41) is 0. The van der Waals surface area contributed by atoms with Crippen molar-refractivity contribution in [1.82, 2.24) is 14.9 Å². The third kappa shape index (κ3) is 10.4. The van der Waals surface area contributed by atoms with E-state index in [1.807, 2.05) is 34.6 Å². The van der Waals surface area contributed by atoms with Gasteiger partial charge >= 0.3 is 0 Å². The highest BCUT2D eigenvalue weighted by Gasteiger charge is 2.28. The number of aliphatic imine (C=N–C) groups is 1. The van der Waals surface area contributed by atoms with Crippen LogP contribution in [-0.2, 0) is 0 Å². The third-order valence-corrected chi connectivity index (χ3v) is 5.54. The molecule has 1 aliphatic rings. The quantitative estimate of drug-likeness (QED) is 0.413. The number of H-pyrrole nitrogens is 1. The van der Waals surface area contributed by atoms with E-state index in [2.05, 4.69) is 54.4 Å². The van der Waals surface area contributed by atoms with Crippen LogP contribution in [0.1, 0.15) is 99.3 Å². The minimum atomic E-state index is -0.169. The number of hydrogen-bond acceptors (Lipinski definition) is 5. The van der Waals surface area contributed by atoms with Crippen LogP contribution in [0, 0.1) is 18.3 Å². The number of rotatable bonds is 11. The van der Waals surface area contributed by atoms with Crippen molar-refractivity contribution >= 4 is 11.7 Å². The zero-order valence-electron chi connectivity index (χ0n) is 23.6. The Morgan fingerprint density at radius 1 is 1.03 bits per heavy atom. The van der Waals surface area contributed by atoms with E-state index in [9.17, 15) is 4.79 Å². The van der Waals surface area contributed by atoms with Crippen molar-refractivity contribution in [2.24, 2.45) is 16.3 Å². The Morgan fingerprint density at radius 2 is 1.58 bits per heavy atom. The van der Waals surface area contributed by atoms with Crippen LogP contribution in [0.25, 0.3) is 0 Å². The Hall–Kier alpha value is -1.69. The van der Waals surface area contributed by atoms with Crippen molar-refractivity contribution in [3.8, 4) is 0 Å². The number of anilines is 1. The molecule has 33 heavy (non-hydrogen) atoms. The van der Waals surface area contributed by atoms with Gasteiger partial charge in [0.05, 0.1) is 11.4 Å². The molecule has 192 valence electrons. The zero-order valence-corrected chi connectivity index (χ0v) is 23.6. The van der Waals surface area contributed by atoms with E-state index in [-0.39, 0.29) is 11.0 Å². The first-order chi connectivity index (χ1) is 15.7. The lowest BCUT2D eigenvalue weighted by molar-refractivity contribution is 0.279. The Morgan fingerprint density at radius 3 is 2.00 bits per heavy atom. The molecule has 1 aromatic heterocycles. The summed E-state index contributed by atoms with van der Waals surface area (Å²) in [6.45, 7) is 25.7. The van der Waals surface area contributed by atoms with Crippen LogP contribution in [0.2, 0.25) is 0 Å². The lowest BCUT2D eigenvalue weighted by Gasteiger charge is -2.29. The molecule has 6 heteroatoms. The van der Waals surface area contributed by atoms with Crippen LogP contribution in [0.4, 0.5) is 5.95 Å². The molecule has 0 amide bonds. The summed E-state index contributed by atoms with van der Waals surface area (Å²) in [6.07, 6.45) is 4.87. The molecule has 2 rings (SSSR count). The first-order valence-electron chi connectivity index (χ1n) is 13.3. The third-order valence-electron chi connectivity index (χ3n) is 5.54. The first-order valence-corrected chi connectivity index (χ1v) is 13.3. The standard InChI is InChI=1S/C23H41N5O.2C2H6/c1-8-12-27(13-9-2)14-15-28(16-18-10-11-18)22-25-19(17(3)21(29)26-22)20(24-7)23(4,5)6;2*1-2/h18H,8-16H2,1-7H3,(H,25,26,29);2*1-2H3. The predicted octanol–water partition coefficient (Wildman–Crippen LogP) is 5.93. The molecule has 1 saturated carbocycles. The Bertz CT molecular complexity index is 738. The fraction of sp³-hybridized carbons (Fsp3) is 0.815. The first kappa shape index (κ1) is 31.3. The molecule has 0 atom stereocenters. The van der Waals surface area contributed by atoms with Crippen LogP contribution < -0.4 is 10.5 Å². The number of nitrogens with zero attached hydrogens (tertiary/aromatic N) is 4. The molecule has 0 aromatic carbocycles. The number of aromatic amines is 1. The van der Waals surface area contributed by atoms with Gasteiger partial charge in [0.1, 0.15) is 0 Å². The van der Waals surface area contributed by atoms with Gasteiger partial charge in [-0.1, -0.05) is 62.3 Å². The van der Waals surface area contributed by atoms with Crippen LogP contribution in [0.5, 0.6) is 0 Å². The van der Waals surface area contributed by atoms with Gasteiger partial charge in [0.25, 0.3) is 5.56 Å². The second-order valence-electron chi connectivity index (χ2n) is 9.42. The van der Waals surface area contributed by atoms with Gasteiger partial charge < -0.3 is 9.80 Å². The Labute approximate surface area is 204 Å². The van der Waals surface area contributed by atoms with Crippen molar-refractivity contribution in [2.45, 2.75) is 94.9 Å². The molecule has 1 fully saturated rings. The summed E-state index contributed by atoms with van der Waals surface area (Å²) < 4.78 is 0. The molecule has 0 spiro atoms. The van der Waals surface area contributed by atoms with Crippen molar-refractivity contribution in [1.29, 1.82) is 0 Å². The fourth-order valence-electron chi connectivity index (χ4n) is 3.82. The second kappa shape index (κ2) is 16.0. The summed E-state index contributed by atoms with van der Waals surface area (Å²) in [4.78, 5) is 30.1. The number of hydrogen-bond donors (Lipinski definition) is 1. The zero-order chi connectivity index (χ0) is 25.6. The summed E-state index contributed by atoms with van der Waals surface area (Å²) in [5.41, 5.74) is 2.04. The van der Waals surface area contributed by atoms with Crippen molar-refractivity contribution in [2.75, 3.05) is 44.7 Å². The lowest BCUT2D eigenvalue weighted by atomic mass is 9.86. The van der Waals surface area contributed by atoms with E-state index in [4.69, 9.17) is 4.98 Å². The van der Waals surface area contributed by atoms with E-state index >= 15 is 0 Å². The largest absolute Gasteiger partial charge is 0.341 e. The van der Waals surface area contributed by atoms with E-state index in [0.29, 0.717) is 11.5 Å². The van der Waals surface area contributed by atoms with Gasteiger partial charge in [-0.15, -0.1) is 0 Å². The van der Waals surface area contributed by atoms with E-state index < -0.39 is 0 Å². The van der Waals surface area contributed by atoms with Crippen LogP contribution in [-0.4, -0.2) is 60.4 Å². The van der Waals surface area contributed by atoms with Gasteiger partial charge in [-0.25, -0.2) is 4.98 Å². The summed E-state index contributed by atoms with van der Waals surface area (Å²) in [7, 11) is 1.79. The Kier molecular flexibility index (Phi) is 15.2. The lowest BCUT2D eigenvalue weighted by Crippen LogP contribution is -2.39. The molecule has 0 saturated heterocycles. The monoisotopic (exact) mass is 463 g/mol. The van der Waals surface area contributed by atoms with E-state index in [0.717, 1.165) is 62.9 Å². The van der Waals surface area contributed by atoms with Crippen molar-refractivity contribution in [3.63, 3.8) is 0 Å². The fourth-order valence-corrected chi connectivity index (χ4v) is 3.82. The maximum Gasteiger partial charge on any atom is 0.255 e. The van der Waals surface area contributed by atoms with Crippen LogP contribution in [0.3, 0.4) is 0 Å². The molecule has 0 radical (unpaired) electrons. The maximum absolute atomic E-state index is 12.8. The van der Waals surface area contributed by atoms with Crippen molar-refractivity contribution < 1.29 is 0 Å². The summed E-state index contributed by atoms with van der Waals surface area (Å²) in [5.74, 6) is 1.42. The molecular weight excluding hydrogens is 410 g/mol. The highest BCUT2D eigenvalue weighted by atomic mass is 16.1. The summed E-state index contributed by atoms with van der Waals surface area (Å²) in [6, 6.07) is 0.